The van der Waals surface area contributed by atoms with Crippen molar-refractivity contribution >= 4 is 12.6 Å². The van der Waals surface area contributed by atoms with Crippen molar-refractivity contribution in [2.75, 3.05) is 6.54 Å². The third-order valence-electron chi connectivity index (χ3n) is 1.03. The average Bonchev–Trinajstić information content (AvgIpc) is 1.97. The van der Waals surface area contributed by atoms with Crippen LogP contribution >= 0.6 is 12.6 Å². The lowest BCUT2D eigenvalue weighted by Crippen LogP contribution is -1.87. The van der Waals surface area contributed by atoms with E-state index in [9.17, 15) is 0 Å². The molecule has 0 spiro atoms. The fraction of sp³-hybridized carbons (Fsp3) is 0.333. The molecule has 0 saturated heterocycles. The normalized spacial score (nSPS) is 8.36. The first-order valence-electron chi connectivity index (χ1n) is 3.66. The maximum atomic E-state index is 4.85. The Labute approximate surface area is 74.0 Å². The smallest absolute Gasteiger partial charge is 0.00401 e. The van der Waals surface area contributed by atoms with Crippen LogP contribution in [0, 0.1) is 6.92 Å². The highest BCUT2D eigenvalue weighted by atomic mass is 32.1. The van der Waals surface area contributed by atoms with Crippen molar-refractivity contribution < 1.29 is 0 Å². The zero-order valence-electron chi connectivity index (χ0n) is 7.04. The van der Waals surface area contributed by atoms with Crippen LogP contribution in [0.3, 0.4) is 0 Å². The number of thiol groups is 1. The Balaban J connectivity index is 0.000000292. The minimum atomic E-state index is 0.750. The summed E-state index contributed by atoms with van der Waals surface area (Å²) < 4.78 is 0. The van der Waals surface area contributed by atoms with E-state index in [1.807, 2.05) is 31.2 Å². The third kappa shape index (κ3) is 5.95. The first-order valence-corrected chi connectivity index (χ1v) is 4.11. The lowest BCUT2D eigenvalue weighted by Gasteiger charge is -1.89. The molecule has 0 aliphatic heterocycles. The molecule has 0 radical (unpaired) electrons. The molecule has 0 aromatic heterocycles. The van der Waals surface area contributed by atoms with Crippen LogP contribution < -0.4 is 5.73 Å². The Hall–Kier alpha value is -0.470. The van der Waals surface area contributed by atoms with Gasteiger partial charge in [-0.15, -0.1) is 12.6 Å². The third-order valence-corrected chi connectivity index (χ3v) is 1.33. The van der Waals surface area contributed by atoms with Crippen LogP contribution in [0.2, 0.25) is 0 Å². The summed E-state index contributed by atoms with van der Waals surface area (Å²) in [5.41, 5.74) is 6.13. The maximum Gasteiger partial charge on any atom is 0.00401 e. The fourth-order valence-electron chi connectivity index (χ4n) is 0.545. The van der Waals surface area contributed by atoms with Crippen molar-refractivity contribution in [3.63, 3.8) is 0 Å². The molecular formula is C9H15NS. The SMILES string of the molecule is CCN.Cc1ccc(S)cc1. The summed E-state index contributed by atoms with van der Waals surface area (Å²) >= 11 is 4.13. The van der Waals surface area contributed by atoms with Gasteiger partial charge in [0.05, 0.1) is 0 Å². The van der Waals surface area contributed by atoms with E-state index < -0.39 is 0 Å². The van der Waals surface area contributed by atoms with Crippen molar-refractivity contribution in [1.82, 2.24) is 0 Å². The van der Waals surface area contributed by atoms with E-state index in [4.69, 9.17) is 5.73 Å². The van der Waals surface area contributed by atoms with Gasteiger partial charge in [0.25, 0.3) is 0 Å². The molecule has 0 heterocycles. The molecule has 1 nitrogen and oxygen atoms in total. The minimum Gasteiger partial charge on any atom is -0.331 e. The van der Waals surface area contributed by atoms with Crippen molar-refractivity contribution in [1.29, 1.82) is 0 Å². The molecule has 0 aliphatic carbocycles. The molecule has 11 heavy (non-hydrogen) atoms. The molecule has 1 aromatic carbocycles. The minimum absolute atomic E-state index is 0.750. The van der Waals surface area contributed by atoms with Gasteiger partial charge in [0.2, 0.25) is 0 Å². The predicted molar refractivity (Wildman–Crippen MR) is 53.2 cm³/mol. The van der Waals surface area contributed by atoms with Gasteiger partial charge in [-0.1, -0.05) is 24.6 Å². The van der Waals surface area contributed by atoms with E-state index >= 15 is 0 Å². The Morgan fingerprint density at radius 2 is 1.64 bits per heavy atom. The van der Waals surface area contributed by atoms with Crippen molar-refractivity contribution in [3.05, 3.63) is 29.8 Å². The van der Waals surface area contributed by atoms with Crippen LogP contribution in [-0.2, 0) is 0 Å². The first-order chi connectivity index (χ1) is 5.20. The highest BCUT2D eigenvalue weighted by Gasteiger charge is 1.80. The number of aryl methyl sites for hydroxylation is 1. The Kier molecular flexibility index (Phi) is 5.99. The Morgan fingerprint density at radius 3 is 1.91 bits per heavy atom. The van der Waals surface area contributed by atoms with Gasteiger partial charge in [-0.3, -0.25) is 0 Å². The second-order valence-electron chi connectivity index (χ2n) is 2.24. The zero-order valence-corrected chi connectivity index (χ0v) is 7.94. The van der Waals surface area contributed by atoms with Gasteiger partial charge in [0.15, 0.2) is 0 Å². The van der Waals surface area contributed by atoms with Gasteiger partial charge < -0.3 is 5.73 Å². The first kappa shape index (κ1) is 10.5. The molecule has 0 amide bonds. The van der Waals surface area contributed by atoms with Crippen LogP contribution in [0.5, 0.6) is 0 Å². The van der Waals surface area contributed by atoms with Crippen molar-refractivity contribution in [2.45, 2.75) is 18.7 Å². The average molecular weight is 169 g/mol. The number of benzene rings is 1. The van der Waals surface area contributed by atoms with E-state index in [-0.39, 0.29) is 0 Å². The van der Waals surface area contributed by atoms with Crippen LogP contribution in [0.25, 0.3) is 0 Å². The summed E-state index contributed by atoms with van der Waals surface area (Å²) in [5.74, 6) is 0. The number of rotatable bonds is 0. The molecular weight excluding hydrogens is 154 g/mol. The standard InChI is InChI=1S/C7H8S.C2H7N/c1-6-2-4-7(8)5-3-6;1-2-3/h2-5,8H,1H3;2-3H2,1H3. The van der Waals surface area contributed by atoms with Crippen LogP contribution in [-0.4, -0.2) is 6.54 Å². The molecule has 2 heteroatoms. The highest BCUT2D eigenvalue weighted by Crippen LogP contribution is 2.05. The number of hydrogen-bond acceptors (Lipinski definition) is 2. The molecule has 1 aromatic rings. The number of nitrogens with two attached hydrogens (primary N) is 1. The topological polar surface area (TPSA) is 26.0 Å². The van der Waals surface area contributed by atoms with E-state index in [0.29, 0.717) is 0 Å². The Morgan fingerprint density at radius 1 is 1.27 bits per heavy atom. The van der Waals surface area contributed by atoms with Crippen molar-refractivity contribution in [3.8, 4) is 0 Å². The molecule has 0 fully saturated rings. The van der Waals surface area contributed by atoms with Gasteiger partial charge in [0, 0.05) is 4.90 Å². The van der Waals surface area contributed by atoms with Gasteiger partial charge in [-0.25, -0.2) is 0 Å². The summed E-state index contributed by atoms with van der Waals surface area (Å²) in [7, 11) is 0. The van der Waals surface area contributed by atoms with E-state index in [1.165, 1.54) is 5.56 Å². The van der Waals surface area contributed by atoms with Crippen LogP contribution in [0.15, 0.2) is 29.2 Å². The van der Waals surface area contributed by atoms with Crippen LogP contribution in [0.4, 0.5) is 0 Å². The van der Waals surface area contributed by atoms with Gasteiger partial charge >= 0.3 is 0 Å². The van der Waals surface area contributed by atoms with Gasteiger partial charge in [-0.2, -0.15) is 0 Å². The Bertz CT molecular complexity index is 160. The quantitative estimate of drug-likeness (QED) is 0.572. The van der Waals surface area contributed by atoms with Gasteiger partial charge in [-0.05, 0) is 25.6 Å². The summed E-state index contributed by atoms with van der Waals surface area (Å²) in [6, 6.07) is 8.06. The summed E-state index contributed by atoms with van der Waals surface area (Å²) in [6.45, 7) is 4.72. The molecule has 0 aliphatic rings. The predicted octanol–water partition coefficient (Wildman–Crippen LogP) is 2.25. The molecule has 0 bridgehead atoms. The van der Waals surface area contributed by atoms with Crippen molar-refractivity contribution in [2.24, 2.45) is 5.73 Å². The maximum absolute atomic E-state index is 4.85. The molecule has 0 unspecified atom stereocenters. The molecule has 2 N–H and O–H groups in total. The van der Waals surface area contributed by atoms with E-state index in [0.717, 1.165) is 11.4 Å². The number of hydrogen-bond donors (Lipinski definition) is 2. The van der Waals surface area contributed by atoms with E-state index in [2.05, 4.69) is 19.6 Å². The lowest BCUT2D eigenvalue weighted by atomic mass is 10.2. The monoisotopic (exact) mass is 169 g/mol. The summed E-state index contributed by atoms with van der Waals surface area (Å²) in [5, 5.41) is 0. The second-order valence-corrected chi connectivity index (χ2v) is 2.76. The highest BCUT2D eigenvalue weighted by molar-refractivity contribution is 7.80. The molecule has 0 atom stereocenters. The van der Waals surface area contributed by atoms with E-state index in [1.54, 1.807) is 0 Å². The molecule has 62 valence electrons. The molecule has 1 rings (SSSR count). The summed E-state index contributed by atoms with van der Waals surface area (Å²) in [4.78, 5) is 1.02. The summed E-state index contributed by atoms with van der Waals surface area (Å²) in [6.07, 6.45) is 0. The second kappa shape index (κ2) is 6.25. The fourth-order valence-corrected chi connectivity index (χ4v) is 0.694. The lowest BCUT2D eigenvalue weighted by molar-refractivity contribution is 1.14. The van der Waals surface area contributed by atoms with Gasteiger partial charge in [0.1, 0.15) is 0 Å². The van der Waals surface area contributed by atoms with Crippen LogP contribution in [0.1, 0.15) is 12.5 Å². The zero-order chi connectivity index (χ0) is 8.69. The molecule has 0 saturated carbocycles. The largest absolute Gasteiger partial charge is 0.331 e.